The fourth-order valence-electron chi connectivity index (χ4n) is 2.47. The summed E-state index contributed by atoms with van der Waals surface area (Å²) in [6.45, 7) is 2.10. The molecular formula is C12H20N6O. The van der Waals surface area contributed by atoms with E-state index in [-0.39, 0.29) is 5.84 Å². The highest BCUT2D eigenvalue weighted by molar-refractivity contribution is 6.01. The molecule has 0 saturated carbocycles. The van der Waals surface area contributed by atoms with E-state index >= 15 is 0 Å². The van der Waals surface area contributed by atoms with E-state index in [1.54, 1.807) is 6.07 Å². The smallest absolute Gasteiger partial charge is 0.173 e. The van der Waals surface area contributed by atoms with Gasteiger partial charge >= 0.3 is 0 Å². The van der Waals surface area contributed by atoms with E-state index in [2.05, 4.69) is 32.2 Å². The van der Waals surface area contributed by atoms with Gasteiger partial charge in [-0.05, 0) is 32.5 Å². The van der Waals surface area contributed by atoms with Crippen molar-refractivity contribution in [1.29, 1.82) is 0 Å². The van der Waals surface area contributed by atoms with E-state index in [0.29, 0.717) is 17.4 Å². The molecule has 0 aromatic carbocycles. The van der Waals surface area contributed by atoms with Gasteiger partial charge in [-0.3, -0.25) is 0 Å². The molecule has 0 spiro atoms. The lowest BCUT2D eigenvalue weighted by atomic mass is 10.0. The van der Waals surface area contributed by atoms with Crippen molar-refractivity contribution < 1.29 is 5.21 Å². The Hall–Kier alpha value is -1.89. The summed E-state index contributed by atoms with van der Waals surface area (Å²) in [5.74, 6) is 0.707. The molecule has 1 fully saturated rings. The minimum absolute atomic E-state index is 0.0564. The fraction of sp³-hybridized carbons (Fsp3) is 0.583. The van der Waals surface area contributed by atoms with Gasteiger partial charge in [-0.15, -0.1) is 5.10 Å². The third-order valence-electron chi connectivity index (χ3n) is 3.57. The Kier molecular flexibility index (Phi) is 4.16. The summed E-state index contributed by atoms with van der Waals surface area (Å²) in [5.41, 5.74) is 6.29. The van der Waals surface area contributed by atoms with Gasteiger partial charge in [0.25, 0.3) is 0 Å². The van der Waals surface area contributed by atoms with Crippen LogP contribution < -0.4 is 10.6 Å². The first-order valence-corrected chi connectivity index (χ1v) is 6.34. The largest absolute Gasteiger partial charge is 0.409 e. The van der Waals surface area contributed by atoms with Crippen molar-refractivity contribution in [3.05, 3.63) is 17.8 Å². The molecule has 2 rings (SSSR count). The quantitative estimate of drug-likeness (QED) is 0.348. The molecule has 1 atom stereocenters. The number of piperidine rings is 1. The van der Waals surface area contributed by atoms with E-state index in [1.165, 1.54) is 6.20 Å². The third kappa shape index (κ3) is 2.93. The molecule has 0 amide bonds. The van der Waals surface area contributed by atoms with Crippen LogP contribution in [0.1, 0.15) is 18.4 Å². The Morgan fingerprint density at radius 2 is 2.42 bits per heavy atom. The molecule has 104 valence electrons. The SMILES string of the molecule is CN1CCCC(N(C)c2nnccc2/C(N)=N/O)C1. The summed E-state index contributed by atoms with van der Waals surface area (Å²) in [6.07, 6.45) is 3.80. The van der Waals surface area contributed by atoms with Crippen LogP contribution in [0.15, 0.2) is 17.4 Å². The van der Waals surface area contributed by atoms with Crippen LogP contribution in [-0.4, -0.2) is 59.4 Å². The van der Waals surface area contributed by atoms with Crippen LogP contribution in [0, 0.1) is 0 Å². The van der Waals surface area contributed by atoms with Crippen LogP contribution in [0.2, 0.25) is 0 Å². The van der Waals surface area contributed by atoms with E-state index < -0.39 is 0 Å². The molecule has 1 aromatic rings. The Morgan fingerprint density at radius 1 is 1.63 bits per heavy atom. The molecule has 7 nitrogen and oxygen atoms in total. The summed E-state index contributed by atoms with van der Waals surface area (Å²) in [6, 6.07) is 2.07. The van der Waals surface area contributed by atoms with Crippen LogP contribution >= 0.6 is 0 Å². The lowest BCUT2D eigenvalue weighted by Gasteiger charge is -2.36. The van der Waals surface area contributed by atoms with Gasteiger partial charge in [0, 0.05) is 19.6 Å². The number of nitrogens with two attached hydrogens (primary N) is 1. The number of likely N-dealkylation sites (N-methyl/N-ethyl adjacent to an activating group) is 2. The first-order chi connectivity index (χ1) is 9.13. The number of rotatable bonds is 3. The van der Waals surface area contributed by atoms with Crippen molar-refractivity contribution in [2.24, 2.45) is 10.9 Å². The summed E-state index contributed by atoms with van der Waals surface area (Å²) in [5, 5.41) is 19.9. The second-order valence-electron chi connectivity index (χ2n) is 4.92. The highest BCUT2D eigenvalue weighted by Crippen LogP contribution is 2.21. The molecule has 1 saturated heterocycles. The average molecular weight is 264 g/mol. The zero-order valence-electron chi connectivity index (χ0n) is 11.3. The molecule has 1 aromatic heterocycles. The predicted octanol–water partition coefficient (Wildman–Crippen LogP) is 0.102. The number of oxime groups is 1. The molecule has 0 bridgehead atoms. The number of nitrogens with zero attached hydrogens (tertiary/aromatic N) is 5. The molecule has 0 aliphatic carbocycles. The van der Waals surface area contributed by atoms with Gasteiger partial charge in [0.1, 0.15) is 0 Å². The summed E-state index contributed by atoms with van der Waals surface area (Å²) in [7, 11) is 4.09. The molecule has 19 heavy (non-hydrogen) atoms. The van der Waals surface area contributed by atoms with Gasteiger partial charge in [0.05, 0.1) is 11.8 Å². The fourth-order valence-corrected chi connectivity index (χ4v) is 2.47. The predicted molar refractivity (Wildman–Crippen MR) is 73.5 cm³/mol. The number of anilines is 1. The van der Waals surface area contributed by atoms with Gasteiger partial charge in [0.15, 0.2) is 11.7 Å². The first-order valence-electron chi connectivity index (χ1n) is 6.34. The maximum absolute atomic E-state index is 8.83. The van der Waals surface area contributed by atoms with Crippen molar-refractivity contribution >= 4 is 11.7 Å². The zero-order chi connectivity index (χ0) is 13.8. The topological polar surface area (TPSA) is 90.9 Å². The Bertz CT molecular complexity index is 463. The molecule has 0 radical (unpaired) electrons. The summed E-state index contributed by atoms with van der Waals surface area (Å²) < 4.78 is 0. The second-order valence-corrected chi connectivity index (χ2v) is 4.92. The number of hydrogen-bond acceptors (Lipinski definition) is 6. The van der Waals surface area contributed by atoms with E-state index in [4.69, 9.17) is 10.9 Å². The van der Waals surface area contributed by atoms with Crippen molar-refractivity contribution in [2.75, 3.05) is 32.1 Å². The molecule has 1 aliphatic heterocycles. The first kappa shape index (κ1) is 13.5. The Balaban J connectivity index is 2.25. The number of hydrogen-bond donors (Lipinski definition) is 2. The van der Waals surface area contributed by atoms with Crippen LogP contribution in [0.4, 0.5) is 5.82 Å². The van der Waals surface area contributed by atoms with Crippen molar-refractivity contribution in [3.8, 4) is 0 Å². The molecule has 7 heteroatoms. The maximum Gasteiger partial charge on any atom is 0.173 e. The molecular weight excluding hydrogens is 244 g/mol. The molecule has 1 aliphatic rings. The monoisotopic (exact) mass is 264 g/mol. The lowest BCUT2D eigenvalue weighted by molar-refractivity contribution is 0.247. The minimum atomic E-state index is 0.0564. The minimum Gasteiger partial charge on any atom is -0.409 e. The molecule has 3 N–H and O–H groups in total. The highest BCUT2D eigenvalue weighted by atomic mass is 16.4. The van der Waals surface area contributed by atoms with Crippen LogP contribution in [0.5, 0.6) is 0 Å². The Labute approximate surface area is 112 Å². The van der Waals surface area contributed by atoms with E-state index in [1.807, 2.05) is 7.05 Å². The van der Waals surface area contributed by atoms with Gasteiger partial charge < -0.3 is 20.7 Å². The van der Waals surface area contributed by atoms with Gasteiger partial charge in [-0.1, -0.05) is 5.16 Å². The van der Waals surface area contributed by atoms with Crippen LogP contribution in [-0.2, 0) is 0 Å². The van der Waals surface area contributed by atoms with Gasteiger partial charge in [-0.25, -0.2) is 0 Å². The van der Waals surface area contributed by atoms with Crippen molar-refractivity contribution in [3.63, 3.8) is 0 Å². The Morgan fingerprint density at radius 3 is 3.11 bits per heavy atom. The van der Waals surface area contributed by atoms with E-state index in [9.17, 15) is 0 Å². The van der Waals surface area contributed by atoms with Gasteiger partial charge in [0.2, 0.25) is 0 Å². The standard InChI is InChI=1S/C12H20N6O/c1-17-7-3-4-9(8-17)18(2)12-10(11(13)16-19)5-6-14-15-12/h5-6,9,19H,3-4,7-8H2,1-2H3,(H2,13,16). The lowest BCUT2D eigenvalue weighted by Crippen LogP contribution is -2.46. The van der Waals surface area contributed by atoms with Crippen molar-refractivity contribution in [2.45, 2.75) is 18.9 Å². The third-order valence-corrected chi connectivity index (χ3v) is 3.57. The highest BCUT2D eigenvalue weighted by Gasteiger charge is 2.24. The average Bonchev–Trinajstić information content (AvgIpc) is 2.45. The van der Waals surface area contributed by atoms with Crippen LogP contribution in [0.3, 0.4) is 0 Å². The number of likely N-dealkylation sites (tertiary alicyclic amines) is 1. The zero-order valence-corrected chi connectivity index (χ0v) is 11.3. The molecule has 1 unspecified atom stereocenters. The number of aromatic nitrogens is 2. The maximum atomic E-state index is 8.83. The normalized spacial score (nSPS) is 21.4. The summed E-state index contributed by atoms with van der Waals surface area (Å²) >= 11 is 0. The van der Waals surface area contributed by atoms with Gasteiger partial charge in [-0.2, -0.15) is 5.10 Å². The van der Waals surface area contributed by atoms with Crippen molar-refractivity contribution in [1.82, 2.24) is 15.1 Å². The van der Waals surface area contributed by atoms with E-state index in [0.717, 1.165) is 25.9 Å². The molecule has 2 heterocycles. The van der Waals surface area contributed by atoms with Crippen LogP contribution in [0.25, 0.3) is 0 Å². The number of amidine groups is 1. The summed E-state index contributed by atoms with van der Waals surface area (Å²) in [4.78, 5) is 4.36. The second kappa shape index (κ2) is 5.83.